The number of rotatable bonds is 3. The van der Waals surface area contributed by atoms with Gasteiger partial charge in [0.15, 0.2) is 0 Å². The first-order chi connectivity index (χ1) is 10.6. The summed E-state index contributed by atoms with van der Waals surface area (Å²) in [4.78, 5) is 34.2. The third-order valence-electron chi connectivity index (χ3n) is 3.77. The molecule has 0 amide bonds. The maximum atomic E-state index is 12.2. The molecule has 1 saturated heterocycles. The molecular formula is C14H18N5NaO3. The number of fused-ring (bicyclic) bond motifs is 1. The van der Waals surface area contributed by atoms with E-state index in [4.69, 9.17) is 5.11 Å². The molecule has 2 aromatic rings. The Labute approximate surface area is 156 Å². The number of hydrogen-bond acceptors (Lipinski definition) is 6. The molecule has 1 aliphatic heterocycles. The van der Waals surface area contributed by atoms with Crippen molar-refractivity contribution in [3.05, 3.63) is 28.2 Å². The molecule has 0 radical (unpaired) electrons. The topological polar surface area (TPSA) is 100 Å². The Kier molecular flexibility index (Phi) is 5.74. The Hall–Kier alpha value is -1.48. The number of aryl methyl sites for hydroxylation is 1. The zero-order chi connectivity index (χ0) is 15.7. The molecule has 0 spiro atoms. The molecule has 8 nitrogen and oxygen atoms in total. The van der Waals surface area contributed by atoms with Crippen LogP contribution in [0.5, 0.6) is 0 Å². The van der Waals surface area contributed by atoms with E-state index in [1.807, 2.05) is 11.8 Å². The Morgan fingerprint density at radius 1 is 1.43 bits per heavy atom. The first kappa shape index (κ1) is 17.9. The zero-order valence-corrected chi connectivity index (χ0v) is 15.2. The van der Waals surface area contributed by atoms with Gasteiger partial charge in [-0.05, 0) is 6.92 Å². The van der Waals surface area contributed by atoms with Crippen LogP contribution in [0.2, 0.25) is 0 Å². The van der Waals surface area contributed by atoms with Crippen LogP contribution in [0.15, 0.2) is 17.2 Å². The molecule has 0 aliphatic carbocycles. The minimum Gasteiger partial charge on any atom is -1.00 e. The summed E-state index contributed by atoms with van der Waals surface area (Å²) >= 11 is 0. The first-order valence-electron chi connectivity index (χ1n) is 7.21. The van der Waals surface area contributed by atoms with Gasteiger partial charge in [-0.1, -0.05) is 0 Å². The predicted molar refractivity (Wildman–Crippen MR) is 82.6 cm³/mol. The number of aromatic carboxylic acids is 1. The van der Waals surface area contributed by atoms with Crippen LogP contribution < -0.4 is 45.2 Å². The van der Waals surface area contributed by atoms with E-state index in [1.54, 1.807) is 4.57 Å². The van der Waals surface area contributed by atoms with Gasteiger partial charge in [-0.2, -0.15) is 4.98 Å². The van der Waals surface area contributed by atoms with E-state index in [0.717, 1.165) is 26.2 Å². The van der Waals surface area contributed by atoms with Crippen LogP contribution in [0.3, 0.4) is 0 Å². The fourth-order valence-corrected chi connectivity index (χ4v) is 2.57. The van der Waals surface area contributed by atoms with Crippen LogP contribution in [-0.2, 0) is 6.54 Å². The van der Waals surface area contributed by atoms with Crippen molar-refractivity contribution < 1.29 is 40.9 Å². The van der Waals surface area contributed by atoms with Gasteiger partial charge in [0.25, 0.3) is 0 Å². The first-order valence-corrected chi connectivity index (χ1v) is 7.21. The van der Waals surface area contributed by atoms with Crippen LogP contribution in [0.1, 0.15) is 18.7 Å². The molecule has 3 heterocycles. The van der Waals surface area contributed by atoms with E-state index in [-0.39, 0.29) is 41.9 Å². The SMILES string of the molecule is CCn1cc(C(=O)O)c(=O)c2cnc(N3CCNCC3)nc21.[H-].[Na+]. The van der Waals surface area contributed by atoms with Gasteiger partial charge in [0.1, 0.15) is 11.2 Å². The quantitative estimate of drug-likeness (QED) is 0.581. The number of nitrogens with one attached hydrogen (secondary N) is 1. The van der Waals surface area contributed by atoms with Crippen molar-refractivity contribution in [2.45, 2.75) is 13.5 Å². The molecule has 0 bridgehead atoms. The number of carbonyl (C=O) groups is 1. The molecule has 2 aromatic heterocycles. The molecule has 0 saturated carbocycles. The minimum absolute atomic E-state index is 0. The van der Waals surface area contributed by atoms with Crippen molar-refractivity contribution in [2.75, 3.05) is 31.1 Å². The van der Waals surface area contributed by atoms with E-state index in [0.29, 0.717) is 18.1 Å². The van der Waals surface area contributed by atoms with Crippen molar-refractivity contribution in [1.82, 2.24) is 19.9 Å². The molecule has 23 heavy (non-hydrogen) atoms. The summed E-state index contributed by atoms with van der Waals surface area (Å²) in [6.45, 7) is 5.72. The standard InChI is InChI=1S/C14H17N5O3.Na.H/c1-2-18-8-10(13(21)22)11(20)9-7-16-14(17-12(9)18)19-5-3-15-4-6-19;;/h7-8,15H,2-6H2,1H3,(H,21,22);;/q;+1;-1. The number of nitrogens with zero attached hydrogens (tertiary/aromatic N) is 4. The van der Waals surface area contributed by atoms with Crippen LogP contribution in [-0.4, -0.2) is 51.8 Å². The summed E-state index contributed by atoms with van der Waals surface area (Å²) in [6.07, 6.45) is 2.78. The second kappa shape index (κ2) is 7.39. The third kappa shape index (κ3) is 3.40. The summed E-state index contributed by atoms with van der Waals surface area (Å²) in [7, 11) is 0. The van der Waals surface area contributed by atoms with Crippen molar-refractivity contribution in [1.29, 1.82) is 0 Å². The molecule has 9 heteroatoms. The Bertz CT molecular complexity index is 792. The van der Waals surface area contributed by atoms with Crippen molar-refractivity contribution in [3.8, 4) is 0 Å². The van der Waals surface area contributed by atoms with Gasteiger partial charge in [-0.3, -0.25) is 4.79 Å². The van der Waals surface area contributed by atoms with E-state index in [9.17, 15) is 9.59 Å². The fourth-order valence-electron chi connectivity index (χ4n) is 2.57. The second-order valence-corrected chi connectivity index (χ2v) is 5.11. The fraction of sp³-hybridized carbons (Fsp3) is 0.429. The van der Waals surface area contributed by atoms with E-state index >= 15 is 0 Å². The Balaban J connectivity index is 0.00000144. The number of pyridine rings is 1. The van der Waals surface area contributed by atoms with Crippen molar-refractivity contribution >= 4 is 23.0 Å². The number of piperazine rings is 1. The summed E-state index contributed by atoms with van der Waals surface area (Å²) in [5, 5.41) is 12.6. The van der Waals surface area contributed by atoms with Crippen LogP contribution in [0, 0.1) is 0 Å². The largest absolute Gasteiger partial charge is 1.00 e. The van der Waals surface area contributed by atoms with Gasteiger partial charge in [-0.15, -0.1) is 0 Å². The van der Waals surface area contributed by atoms with Crippen LogP contribution in [0.25, 0.3) is 11.0 Å². The number of carboxylic acid groups (broad SMARTS) is 1. The molecule has 1 aliphatic rings. The zero-order valence-electron chi connectivity index (χ0n) is 14.2. The maximum absolute atomic E-state index is 12.2. The van der Waals surface area contributed by atoms with Gasteiger partial charge < -0.3 is 21.3 Å². The van der Waals surface area contributed by atoms with Crippen molar-refractivity contribution in [3.63, 3.8) is 0 Å². The molecule has 0 aromatic carbocycles. The molecule has 2 N–H and O–H groups in total. The summed E-state index contributed by atoms with van der Waals surface area (Å²) in [5.74, 6) is -0.668. The normalized spacial score (nSPS) is 14.6. The summed E-state index contributed by atoms with van der Waals surface area (Å²) in [5.41, 5.74) is -0.326. The molecule has 0 atom stereocenters. The summed E-state index contributed by atoms with van der Waals surface area (Å²) < 4.78 is 1.67. The number of anilines is 1. The molecule has 118 valence electrons. The average Bonchev–Trinajstić information content (AvgIpc) is 2.55. The van der Waals surface area contributed by atoms with Crippen LogP contribution in [0.4, 0.5) is 5.95 Å². The van der Waals surface area contributed by atoms with Crippen molar-refractivity contribution in [2.24, 2.45) is 0 Å². The third-order valence-corrected chi connectivity index (χ3v) is 3.77. The minimum atomic E-state index is -1.24. The predicted octanol–water partition coefficient (Wildman–Crippen LogP) is -2.96. The van der Waals surface area contributed by atoms with Gasteiger partial charge in [-0.25, -0.2) is 9.78 Å². The molecule has 3 rings (SSSR count). The van der Waals surface area contributed by atoms with E-state index < -0.39 is 11.4 Å². The van der Waals surface area contributed by atoms with E-state index in [1.165, 1.54) is 12.4 Å². The number of aromatic nitrogens is 3. The van der Waals surface area contributed by atoms with Gasteiger partial charge in [0.2, 0.25) is 11.4 Å². The van der Waals surface area contributed by atoms with Crippen LogP contribution >= 0.6 is 0 Å². The Morgan fingerprint density at radius 2 is 2.13 bits per heavy atom. The maximum Gasteiger partial charge on any atom is 1.00 e. The van der Waals surface area contributed by atoms with Gasteiger partial charge in [0.05, 0.1) is 5.39 Å². The summed E-state index contributed by atoms with van der Waals surface area (Å²) in [6, 6.07) is 0. The molecular weight excluding hydrogens is 309 g/mol. The molecule has 0 unspecified atom stereocenters. The smallest absolute Gasteiger partial charge is 1.00 e. The average molecular weight is 327 g/mol. The Morgan fingerprint density at radius 3 is 2.74 bits per heavy atom. The van der Waals surface area contributed by atoms with Gasteiger partial charge >= 0.3 is 35.5 Å². The number of hydrogen-bond donors (Lipinski definition) is 2. The van der Waals surface area contributed by atoms with Gasteiger partial charge in [0, 0.05) is 45.1 Å². The number of carboxylic acids is 1. The second-order valence-electron chi connectivity index (χ2n) is 5.11. The molecule has 1 fully saturated rings. The monoisotopic (exact) mass is 327 g/mol. The van der Waals surface area contributed by atoms with E-state index in [2.05, 4.69) is 15.3 Å².